The second kappa shape index (κ2) is 5.93. The number of para-hydroxylation sites is 1. The number of aromatic carboxylic acids is 1. The fourth-order valence-electron chi connectivity index (χ4n) is 2.99. The molecule has 1 aromatic heterocycles. The van der Waals surface area contributed by atoms with Gasteiger partial charge in [0.2, 0.25) is 0 Å². The maximum absolute atomic E-state index is 11.5. The molecule has 1 aromatic carbocycles. The van der Waals surface area contributed by atoms with Gasteiger partial charge < -0.3 is 10.4 Å². The first kappa shape index (κ1) is 14.2. The summed E-state index contributed by atoms with van der Waals surface area (Å²) in [6.45, 7) is 0. The molecule has 2 atom stereocenters. The number of carbonyl (C=O) groups is 1. The normalized spacial score (nSPS) is 21.6. The Labute approximate surface area is 128 Å². The van der Waals surface area contributed by atoms with Crippen LogP contribution in [0.5, 0.6) is 0 Å². The standard InChI is InChI=1S/C16H18N2O2S/c1-21-14-8-4-7-13(14)18-15-9-11(16(19)20)10-5-2-3-6-12(10)17-15/h2-3,5-6,9,13-14H,4,7-8H2,1H3,(H,17,18)(H,19,20). The zero-order valence-electron chi connectivity index (χ0n) is 11.9. The minimum absolute atomic E-state index is 0.307. The number of thioether (sulfide) groups is 1. The molecule has 1 heterocycles. The molecule has 1 saturated carbocycles. The van der Waals surface area contributed by atoms with Crippen LogP contribution in [0.2, 0.25) is 0 Å². The molecule has 1 fully saturated rings. The third-order valence-electron chi connectivity index (χ3n) is 4.04. The molecule has 0 bridgehead atoms. The van der Waals surface area contributed by atoms with Gasteiger partial charge in [-0.2, -0.15) is 11.8 Å². The summed E-state index contributed by atoms with van der Waals surface area (Å²) in [4.78, 5) is 16.0. The van der Waals surface area contributed by atoms with E-state index in [4.69, 9.17) is 0 Å². The van der Waals surface area contributed by atoms with E-state index in [2.05, 4.69) is 16.6 Å². The maximum Gasteiger partial charge on any atom is 0.336 e. The average molecular weight is 302 g/mol. The Morgan fingerprint density at radius 3 is 2.95 bits per heavy atom. The van der Waals surface area contributed by atoms with E-state index in [0.29, 0.717) is 28.1 Å². The lowest BCUT2D eigenvalue weighted by Gasteiger charge is -2.20. The number of nitrogens with zero attached hydrogens (tertiary/aromatic N) is 1. The number of carboxylic acid groups (broad SMARTS) is 1. The number of anilines is 1. The predicted octanol–water partition coefficient (Wildman–Crippen LogP) is 3.63. The molecule has 0 saturated heterocycles. The molecule has 4 nitrogen and oxygen atoms in total. The van der Waals surface area contributed by atoms with Gasteiger partial charge in [-0.3, -0.25) is 0 Å². The van der Waals surface area contributed by atoms with E-state index in [1.807, 2.05) is 30.0 Å². The fourth-order valence-corrected chi connectivity index (χ4v) is 3.92. The molecular weight excluding hydrogens is 284 g/mol. The summed E-state index contributed by atoms with van der Waals surface area (Å²) in [6.07, 6.45) is 5.66. The van der Waals surface area contributed by atoms with E-state index < -0.39 is 5.97 Å². The van der Waals surface area contributed by atoms with Crippen LogP contribution in [0.3, 0.4) is 0 Å². The van der Waals surface area contributed by atoms with Gasteiger partial charge in [0.25, 0.3) is 0 Å². The first-order chi connectivity index (χ1) is 10.2. The lowest BCUT2D eigenvalue weighted by molar-refractivity contribution is 0.0699. The Bertz CT molecular complexity index is 674. The van der Waals surface area contributed by atoms with Crippen molar-refractivity contribution < 1.29 is 9.90 Å². The van der Waals surface area contributed by atoms with Gasteiger partial charge in [0.05, 0.1) is 11.1 Å². The SMILES string of the molecule is CSC1CCCC1Nc1cc(C(=O)O)c2ccccc2n1. The van der Waals surface area contributed by atoms with Crippen LogP contribution >= 0.6 is 11.8 Å². The van der Waals surface area contributed by atoms with Crippen molar-refractivity contribution in [3.63, 3.8) is 0 Å². The second-order valence-corrected chi connectivity index (χ2v) is 6.41. The van der Waals surface area contributed by atoms with Crippen LogP contribution in [0, 0.1) is 0 Å². The summed E-state index contributed by atoms with van der Waals surface area (Å²) >= 11 is 1.87. The highest BCUT2D eigenvalue weighted by Crippen LogP contribution is 2.31. The Morgan fingerprint density at radius 2 is 2.19 bits per heavy atom. The van der Waals surface area contributed by atoms with E-state index >= 15 is 0 Å². The quantitative estimate of drug-likeness (QED) is 0.903. The van der Waals surface area contributed by atoms with Gasteiger partial charge >= 0.3 is 5.97 Å². The molecule has 5 heteroatoms. The minimum atomic E-state index is -0.913. The predicted molar refractivity (Wildman–Crippen MR) is 87.3 cm³/mol. The van der Waals surface area contributed by atoms with E-state index in [9.17, 15) is 9.90 Å². The van der Waals surface area contributed by atoms with Crippen LogP contribution in [-0.2, 0) is 0 Å². The van der Waals surface area contributed by atoms with E-state index in [1.54, 1.807) is 12.1 Å². The number of nitrogens with one attached hydrogen (secondary N) is 1. The third kappa shape index (κ3) is 2.83. The maximum atomic E-state index is 11.5. The summed E-state index contributed by atoms with van der Waals surface area (Å²) in [5, 5.41) is 14.1. The van der Waals surface area contributed by atoms with Crippen LogP contribution < -0.4 is 5.32 Å². The highest BCUT2D eigenvalue weighted by Gasteiger charge is 2.27. The van der Waals surface area contributed by atoms with Gasteiger partial charge in [0.15, 0.2) is 0 Å². The van der Waals surface area contributed by atoms with E-state index in [-0.39, 0.29) is 0 Å². The molecule has 2 N–H and O–H groups in total. The van der Waals surface area contributed by atoms with Gasteiger partial charge in [-0.1, -0.05) is 24.6 Å². The first-order valence-electron chi connectivity index (χ1n) is 7.11. The van der Waals surface area contributed by atoms with E-state index in [0.717, 1.165) is 11.9 Å². The zero-order chi connectivity index (χ0) is 14.8. The molecule has 1 aliphatic carbocycles. The molecule has 2 aromatic rings. The van der Waals surface area contributed by atoms with Crippen LogP contribution in [0.15, 0.2) is 30.3 Å². The average Bonchev–Trinajstić information content (AvgIpc) is 2.93. The number of aromatic nitrogens is 1. The summed E-state index contributed by atoms with van der Waals surface area (Å²) < 4.78 is 0. The van der Waals surface area contributed by atoms with Crippen LogP contribution in [0.1, 0.15) is 29.6 Å². The molecule has 0 aliphatic heterocycles. The fraction of sp³-hybridized carbons (Fsp3) is 0.375. The van der Waals surface area contributed by atoms with Crippen LogP contribution in [0.4, 0.5) is 5.82 Å². The topological polar surface area (TPSA) is 62.2 Å². The largest absolute Gasteiger partial charge is 0.478 e. The van der Waals surface area contributed by atoms with Crippen molar-refractivity contribution in [2.45, 2.75) is 30.6 Å². The summed E-state index contributed by atoms with van der Waals surface area (Å²) in [5.41, 5.74) is 1.03. The molecule has 0 radical (unpaired) electrons. The second-order valence-electron chi connectivity index (χ2n) is 5.33. The van der Waals surface area contributed by atoms with Crippen molar-refractivity contribution >= 4 is 34.5 Å². The van der Waals surface area contributed by atoms with Crippen LogP contribution in [0.25, 0.3) is 10.9 Å². The van der Waals surface area contributed by atoms with Gasteiger partial charge in [-0.15, -0.1) is 0 Å². The third-order valence-corrected chi connectivity index (χ3v) is 5.20. The lowest BCUT2D eigenvalue weighted by atomic mass is 10.1. The van der Waals surface area contributed by atoms with Gasteiger partial charge in [-0.25, -0.2) is 9.78 Å². The van der Waals surface area contributed by atoms with E-state index in [1.165, 1.54) is 12.8 Å². The summed E-state index contributed by atoms with van der Waals surface area (Å²) in [6, 6.07) is 9.40. The Kier molecular flexibility index (Phi) is 4.01. The number of carboxylic acids is 1. The monoisotopic (exact) mass is 302 g/mol. The van der Waals surface area contributed by atoms with Gasteiger partial charge in [-0.05, 0) is 31.2 Å². The lowest BCUT2D eigenvalue weighted by Crippen LogP contribution is -2.26. The smallest absolute Gasteiger partial charge is 0.336 e. The number of rotatable bonds is 4. The molecule has 1 aliphatic rings. The van der Waals surface area contributed by atoms with Crippen molar-refractivity contribution in [1.82, 2.24) is 4.98 Å². The summed E-state index contributed by atoms with van der Waals surface area (Å²) in [5.74, 6) is -0.249. The minimum Gasteiger partial charge on any atom is -0.478 e. The van der Waals surface area contributed by atoms with Crippen molar-refractivity contribution in [3.05, 3.63) is 35.9 Å². The number of hydrogen-bond donors (Lipinski definition) is 2. The molecule has 0 amide bonds. The highest BCUT2D eigenvalue weighted by atomic mass is 32.2. The zero-order valence-corrected chi connectivity index (χ0v) is 12.7. The van der Waals surface area contributed by atoms with Crippen molar-refractivity contribution in [2.24, 2.45) is 0 Å². The number of fused-ring (bicyclic) bond motifs is 1. The van der Waals surface area contributed by atoms with Crippen molar-refractivity contribution in [3.8, 4) is 0 Å². The number of hydrogen-bond acceptors (Lipinski definition) is 4. The molecule has 110 valence electrons. The Balaban J connectivity index is 1.97. The van der Waals surface area contributed by atoms with Crippen molar-refractivity contribution in [1.29, 1.82) is 0 Å². The number of benzene rings is 1. The summed E-state index contributed by atoms with van der Waals surface area (Å²) in [7, 11) is 0. The number of pyridine rings is 1. The molecule has 0 spiro atoms. The molecule has 2 unspecified atom stereocenters. The molecule has 3 rings (SSSR count). The Hall–Kier alpha value is -1.75. The van der Waals surface area contributed by atoms with Gasteiger partial charge in [0.1, 0.15) is 5.82 Å². The molecule has 21 heavy (non-hydrogen) atoms. The van der Waals surface area contributed by atoms with Crippen molar-refractivity contribution in [2.75, 3.05) is 11.6 Å². The molecular formula is C16H18N2O2S. The Morgan fingerprint density at radius 1 is 1.38 bits per heavy atom. The highest BCUT2D eigenvalue weighted by molar-refractivity contribution is 7.99. The van der Waals surface area contributed by atoms with Gasteiger partial charge in [0, 0.05) is 16.7 Å². The first-order valence-corrected chi connectivity index (χ1v) is 8.40. The van der Waals surface area contributed by atoms with Crippen LogP contribution in [-0.4, -0.2) is 33.6 Å².